The zero-order chi connectivity index (χ0) is 7.23. The van der Waals surface area contributed by atoms with Crippen LogP contribution in [0.15, 0.2) is 22.8 Å². The van der Waals surface area contributed by atoms with E-state index in [4.69, 9.17) is 10.8 Å². The van der Waals surface area contributed by atoms with Crippen molar-refractivity contribution in [2.45, 2.75) is 19.3 Å². The van der Waals surface area contributed by atoms with Crippen molar-refractivity contribution in [3.8, 4) is 12.3 Å². The number of unbranched alkanes of at least 4 members (excludes halogenated alkanes) is 1. The van der Waals surface area contributed by atoms with Crippen molar-refractivity contribution < 1.29 is 4.42 Å². The van der Waals surface area contributed by atoms with Crippen LogP contribution < -0.4 is 0 Å². The van der Waals surface area contributed by atoms with Crippen LogP contribution in [-0.4, -0.2) is 0 Å². The van der Waals surface area contributed by atoms with E-state index in [-0.39, 0.29) is 0 Å². The summed E-state index contributed by atoms with van der Waals surface area (Å²) >= 11 is 0. The van der Waals surface area contributed by atoms with Gasteiger partial charge in [0.2, 0.25) is 0 Å². The van der Waals surface area contributed by atoms with Gasteiger partial charge in [0.25, 0.3) is 0 Å². The molecule has 52 valence electrons. The third kappa shape index (κ3) is 1.99. The van der Waals surface area contributed by atoms with E-state index >= 15 is 0 Å². The fourth-order valence-corrected chi connectivity index (χ4v) is 0.820. The lowest BCUT2D eigenvalue weighted by Crippen LogP contribution is -1.79. The van der Waals surface area contributed by atoms with Crippen molar-refractivity contribution in [1.29, 1.82) is 0 Å². The molecule has 1 heteroatoms. The summed E-state index contributed by atoms with van der Waals surface area (Å²) in [6, 6.07) is 3.86. The van der Waals surface area contributed by atoms with E-state index in [0.717, 1.165) is 25.0 Å². The van der Waals surface area contributed by atoms with Crippen LogP contribution in [0.1, 0.15) is 18.6 Å². The first-order chi connectivity index (χ1) is 4.93. The predicted molar refractivity (Wildman–Crippen MR) is 40.5 cm³/mol. The molecule has 0 saturated carbocycles. The molecule has 0 N–H and O–H groups in total. The van der Waals surface area contributed by atoms with Gasteiger partial charge < -0.3 is 4.42 Å². The molecule has 0 aliphatic rings. The Balaban J connectivity index is 2.23. The number of rotatable bonds is 3. The van der Waals surface area contributed by atoms with Gasteiger partial charge in [0.05, 0.1) is 6.26 Å². The number of furan rings is 1. The molecule has 0 saturated heterocycles. The lowest BCUT2D eigenvalue weighted by atomic mass is 10.2. The summed E-state index contributed by atoms with van der Waals surface area (Å²) in [4.78, 5) is 0. The molecule has 10 heavy (non-hydrogen) atoms. The lowest BCUT2D eigenvalue weighted by molar-refractivity contribution is 0.503. The molecule has 1 aromatic rings. The van der Waals surface area contributed by atoms with Crippen molar-refractivity contribution in [2.24, 2.45) is 0 Å². The second-order valence-electron chi connectivity index (χ2n) is 2.14. The smallest absolute Gasteiger partial charge is 0.103 e. The minimum atomic E-state index is 0.834. The highest BCUT2D eigenvalue weighted by molar-refractivity contribution is 4.98. The van der Waals surface area contributed by atoms with Crippen molar-refractivity contribution in [1.82, 2.24) is 0 Å². The van der Waals surface area contributed by atoms with Gasteiger partial charge in [0.1, 0.15) is 5.76 Å². The van der Waals surface area contributed by atoms with Crippen LogP contribution in [0.25, 0.3) is 0 Å². The largest absolute Gasteiger partial charge is 0.469 e. The van der Waals surface area contributed by atoms with Gasteiger partial charge in [0, 0.05) is 12.8 Å². The summed E-state index contributed by atoms with van der Waals surface area (Å²) in [5.74, 6) is 3.61. The summed E-state index contributed by atoms with van der Waals surface area (Å²) in [7, 11) is 0. The predicted octanol–water partition coefficient (Wildman–Crippen LogP) is 2.24. The zero-order valence-electron chi connectivity index (χ0n) is 5.84. The molecule has 0 amide bonds. The van der Waals surface area contributed by atoms with E-state index in [1.807, 2.05) is 12.1 Å². The van der Waals surface area contributed by atoms with Crippen molar-refractivity contribution in [3.05, 3.63) is 24.2 Å². The average Bonchev–Trinajstić information content (AvgIpc) is 2.41. The minimum Gasteiger partial charge on any atom is -0.469 e. The molecule has 1 aromatic heterocycles. The van der Waals surface area contributed by atoms with Gasteiger partial charge in [0.15, 0.2) is 0 Å². The molecule has 1 rings (SSSR count). The van der Waals surface area contributed by atoms with Crippen molar-refractivity contribution in [3.63, 3.8) is 0 Å². The van der Waals surface area contributed by atoms with E-state index in [2.05, 4.69) is 5.92 Å². The average molecular weight is 134 g/mol. The summed E-state index contributed by atoms with van der Waals surface area (Å²) in [6.45, 7) is 0. The Morgan fingerprint density at radius 2 is 2.50 bits per heavy atom. The van der Waals surface area contributed by atoms with Crippen LogP contribution in [0.3, 0.4) is 0 Å². The fraction of sp³-hybridized carbons (Fsp3) is 0.333. The molecule has 1 heterocycles. The van der Waals surface area contributed by atoms with Crippen molar-refractivity contribution >= 4 is 0 Å². The summed E-state index contributed by atoms with van der Waals surface area (Å²) < 4.78 is 5.11. The van der Waals surface area contributed by atoms with Gasteiger partial charge in [-0.05, 0) is 18.6 Å². The molecule has 1 nitrogen and oxygen atoms in total. The Hall–Kier alpha value is -1.16. The van der Waals surface area contributed by atoms with Gasteiger partial charge in [-0.1, -0.05) is 0 Å². The van der Waals surface area contributed by atoms with E-state index < -0.39 is 0 Å². The molecular formula is C9H10O. The third-order valence-corrected chi connectivity index (χ3v) is 1.32. The first-order valence-corrected chi connectivity index (χ1v) is 3.39. The maximum absolute atomic E-state index is 5.11. The first-order valence-electron chi connectivity index (χ1n) is 3.39. The molecule has 0 bridgehead atoms. The monoisotopic (exact) mass is 134 g/mol. The molecule has 0 atom stereocenters. The van der Waals surface area contributed by atoms with Gasteiger partial charge in [-0.2, -0.15) is 0 Å². The van der Waals surface area contributed by atoms with Crippen LogP contribution in [0.4, 0.5) is 0 Å². The first kappa shape index (κ1) is 6.95. The summed E-state index contributed by atoms with van der Waals surface area (Å²) in [5.41, 5.74) is 0. The second-order valence-corrected chi connectivity index (χ2v) is 2.14. The SMILES string of the molecule is C#CCCCc1ccco1. The quantitative estimate of drug-likeness (QED) is 0.456. The second kappa shape index (κ2) is 3.79. The van der Waals surface area contributed by atoms with E-state index in [1.165, 1.54) is 0 Å². The Bertz CT molecular complexity index is 203. The van der Waals surface area contributed by atoms with E-state index in [1.54, 1.807) is 6.26 Å². The maximum atomic E-state index is 5.11. The topological polar surface area (TPSA) is 13.1 Å². The van der Waals surface area contributed by atoms with Crippen LogP contribution in [0, 0.1) is 12.3 Å². The highest BCUT2D eigenvalue weighted by atomic mass is 16.3. The highest BCUT2D eigenvalue weighted by Gasteiger charge is 1.92. The number of hydrogen-bond donors (Lipinski definition) is 0. The molecule has 0 aliphatic heterocycles. The van der Waals surface area contributed by atoms with Crippen LogP contribution in [-0.2, 0) is 6.42 Å². The zero-order valence-corrected chi connectivity index (χ0v) is 5.84. The Morgan fingerprint density at radius 3 is 3.10 bits per heavy atom. The number of hydrogen-bond acceptors (Lipinski definition) is 1. The van der Waals surface area contributed by atoms with E-state index in [0.29, 0.717) is 0 Å². The van der Waals surface area contributed by atoms with Crippen LogP contribution in [0.5, 0.6) is 0 Å². The number of terminal acetylenes is 1. The van der Waals surface area contributed by atoms with Crippen LogP contribution in [0.2, 0.25) is 0 Å². The van der Waals surface area contributed by atoms with E-state index in [9.17, 15) is 0 Å². The molecular weight excluding hydrogens is 124 g/mol. The molecule has 0 spiro atoms. The maximum Gasteiger partial charge on any atom is 0.103 e. The molecule has 0 fully saturated rings. The number of aryl methyl sites for hydroxylation is 1. The Labute approximate surface area is 61.0 Å². The molecule has 0 unspecified atom stereocenters. The van der Waals surface area contributed by atoms with Crippen LogP contribution >= 0.6 is 0 Å². The van der Waals surface area contributed by atoms with Gasteiger partial charge in [-0.15, -0.1) is 12.3 Å². The third-order valence-electron chi connectivity index (χ3n) is 1.32. The lowest BCUT2D eigenvalue weighted by Gasteiger charge is -1.90. The standard InChI is InChI=1S/C9H10O/c1-2-3-4-6-9-7-5-8-10-9/h1,5,7-8H,3-4,6H2. The summed E-state index contributed by atoms with van der Waals surface area (Å²) in [6.07, 6.45) is 9.58. The minimum absolute atomic E-state index is 0.834. The molecule has 0 radical (unpaired) electrons. The Kier molecular flexibility index (Phi) is 2.63. The highest BCUT2D eigenvalue weighted by Crippen LogP contribution is 2.04. The Morgan fingerprint density at radius 1 is 1.60 bits per heavy atom. The fourth-order valence-electron chi connectivity index (χ4n) is 0.820. The van der Waals surface area contributed by atoms with Gasteiger partial charge in [-0.3, -0.25) is 0 Å². The normalized spacial score (nSPS) is 9.10. The summed E-state index contributed by atoms with van der Waals surface area (Å²) in [5, 5.41) is 0. The van der Waals surface area contributed by atoms with Crippen molar-refractivity contribution in [2.75, 3.05) is 0 Å². The molecule has 0 aliphatic carbocycles. The molecule has 0 aromatic carbocycles. The van der Waals surface area contributed by atoms with Gasteiger partial charge >= 0.3 is 0 Å². The van der Waals surface area contributed by atoms with Gasteiger partial charge in [-0.25, -0.2) is 0 Å².